The minimum absolute atomic E-state index is 0. The molecule has 0 radical (unpaired) electrons. The molecule has 2 aromatic rings. The van der Waals surface area contributed by atoms with Crippen molar-refractivity contribution in [2.24, 2.45) is 5.92 Å². The van der Waals surface area contributed by atoms with E-state index in [4.69, 9.17) is 4.74 Å². The number of ether oxygens (including phenoxy) is 1. The Kier molecular flexibility index (Phi) is 11.1. The first-order valence-corrected chi connectivity index (χ1v) is 9.98. The Morgan fingerprint density at radius 1 is 1.10 bits per heavy atom. The zero-order chi connectivity index (χ0) is 20.9. The minimum atomic E-state index is -4.37. The third-order valence-electron chi connectivity index (χ3n) is 5.12. The van der Waals surface area contributed by atoms with Crippen LogP contribution in [0.4, 0.5) is 24.5 Å². The van der Waals surface area contributed by atoms with Crippen molar-refractivity contribution in [3.05, 3.63) is 54.4 Å². The first-order chi connectivity index (χ1) is 13.8. The lowest BCUT2D eigenvalue weighted by Crippen LogP contribution is -2.36. The number of alkyl halides is 3. The summed E-state index contributed by atoms with van der Waals surface area (Å²) in [7, 11) is 2.07. The average molecular weight is 480 g/mol. The van der Waals surface area contributed by atoms with Crippen LogP contribution in [-0.4, -0.2) is 49.3 Å². The summed E-state index contributed by atoms with van der Waals surface area (Å²) in [4.78, 5) is 8.21. The molecule has 0 saturated carbocycles. The Labute approximate surface area is 194 Å². The summed E-state index contributed by atoms with van der Waals surface area (Å²) in [5.74, 6) is 0.240. The van der Waals surface area contributed by atoms with Crippen molar-refractivity contribution in [3.63, 3.8) is 0 Å². The third kappa shape index (κ3) is 8.15. The summed E-state index contributed by atoms with van der Waals surface area (Å²) in [5.41, 5.74) is 0.713. The number of hydrogen-bond acceptors (Lipinski definition) is 4. The van der Waals surface area contributed by atoms with Crippen molar-refractivity contribution in [3.8, 4) is 0 Å². The van der Waals surface area contributed by atoms with Crippen molar-refractivity contribution < 1.29 is 17.9 Å². The Balaban J connectivity index is 0.00000240. The molecule has 1 aromatic carbocycles. The molecule has 0 spiro atoms. The van der Waals surface area contributed by atoms with Gasteiger partial charge in [-0.15, -0.1) is 24.8 Å². The van der Waals surface area contributed by atoms with E-state index in [-0.39, 0.29) is 36.8 Å². The molecule has 174 valence electrons. The SMILES string of the molecule is CC(CN(C)CC1CCCO1)CN(c1ccncc1)c1cccc(C(F)(F)F)c1.Cl.Cl. The predicted molar refractivity (Wildman–Crippen MR) is 123 cm³/mol. The molecular weight excluding hydrogens is 450 g/mol. The zero-order valence-electron chi connectivity index (χ0n) is 17.7. The molecule has 31 heavy (non-hydrogen) atoms. The van der Waals surface area contributed by atoms with Gasteiger partial charge in [0, 0.05) is 50.0 Å². The van der Waals surface area contributed by atoms with Crippen molar-refractivity contribution in [1.82, 2.24) is 9.88 Å². The molecule has 1 aromatic heterocycles. The molecule has 9 heteroatoms. The maximum Gasteiger partial charge on any atom is 0.416 e. The van der Waals surface area contributed by atoms with Gasteiger partial charge in [-0.3, -0.25) is 4.98 Å². The first-order valence-electron chi connectivity index (χ1n) is 9.98. The zero-order valence-corrected chi connectivity index (χ0v) is 19.3. The van der Waals surface area contributed by atoms with Gasteiger partial charge in [-0.05, 0) is 56.1 Å². The van der Waals surface area contributed by atoms with Crippen molar-refractivity contribution in [2.75, 3.05) is 38.2 Å². The van der Waals surface area contributed by atoms with E-state index in [1.165, 1.54) is 12.1 Å². The standard InChI is InChI=1S/C22H28F3N3O.2ClH/c1-17(14-27(2)16-21-7-4-12-29-21)15-28(19-8-10-26-11-9-19)20-6-3-5-18(13-20)22(23,24)25;;/h3,5-6,8-11,13,17,21H,4,7,12,14-16H2,1-2H3;2*1H. The van der Waals surface area contributed by atoms with Gasteiger partial charge in [-0.25, -0.2) is 0 Å². The number of anilines is 2. The van der Waals surface area contributed by atoms with Gasteiger partial charge in [0.2, 0.25) is 0 Å². The number of benzene rings is 1. The highest BCUT2D eigenvalue weighted by Crippen LogP contribution is 2.34. The van der Waals surface area contributed by atoms with Gasteiger partial charge in [0.1, 0.15) is 0 Å². The Bertz CT molecular complexity index is 774. The lowest BCUT2D eigenvalue weighted by atomic mass is 10.1. The number of hydrogen-bond donors (Lipinski definition) is 0. The molecule has 0 bridgehead atoms. The molecule has 0 aliphatic carbocycles. The lowest BCUT2D eigenvalue weighted by Gasteiger charge is -2.31. The smallest absolute Gasteiger partial charge is 0.377 e. The highest BCUT2D eigenvalue weighted by molar-refractivity contribution is 5.85. The summed E-state index contributed by atoms with van der Waals surface area (Å²) in [6, 6.07) is 9.14. The molecule has 3 rings (SSSR count). The fourth-order valence-corrected chi connectivity index (χ4v) is 3.85. The number of pyridine rings is 1. The molecule has 1 fully saturated rings. The van der Waals surface area contributed by atoms with Crippen molar-refractivity contribution in [1.29, 1.82) is 0 Å². The normalized spacial score (nSPS) is 17.0. The summed E-state index contributed by atoms with van der Waals surface area (Å²) in [5, 5.41) is 0. The van der Waals surface area contributed by atoms with E-state index >= 15 is 0 Å². The van der Waals surface area contributed by atoms with Gasteiger partial charge < -0.3 is 14.5 Å². The van der Waals surface area contributed by atoms with Crippen LogP contribution < -0.4 is 4.90 Å². The van der Waals surface area contributed by atoms with Crippen LogP contribution >= 0.6 is 24.8 Å². The number of aromatic nitrogens is 1. The van der Waals surface area contributed by atoms with E-state index in [0.717, 1.165) is 44.3 Å². The highest BCUT2D eigenvalue weighted by atomic mass is 35.5. The molecule has 1 aliphatic rings. The predicted octanol–water partition coefficient (Wildman–Crippen LogP) is 5.83. The van der Waals surface area contributed by atoms with Gasteiger partial charge in [0.25, 0.3) is 0 Å². The Morgan fingerprint density at radius 2 is 1.81 bits per heavy atom. The molecule has 1 aliphatic heterocycles. The van der Waals surface area contributed by atoms with Crippen LogP contribution in [-0.2, 0) is 10.9 Å². The van der Waals surface area contributed by atoms with Crippen molar-refractivity contribution >= 4 is 36.2 Å². The van der Waals surface area contributed by atoms with Gasteiger partial charge in [0.15, 0.2) is 0 Å². The van der Waals surface area contributed by atoms with Crippen LogP contribution in [0.3, 0.4) is 0 Å². The Morgan fingerprint density at radius 3 is 2.42 bits per heavy atom. The number of nitrogens with zero attached hydrogens (tertiary/aromatic N) is 3. The quantitative estimate of drug-likeness (QED) is 0.476. The van der Waals surface area contributed by atoms with Gasteiger partial charge in [-0.1, -0.05) is 13.0 Å². The second kappa shape index (κ2) is 12.5. The second-order valence-electron chi connectivity index (χ2n) is 7.83. The molecule has 0 amide bonds. The van der Waals surface area contributed by atoms with E-state index in [0.29, 0.717) is 12.2 Å². The van der Waals surface area contributed by atoms with E-state index in [1.54, 1.807) is 18.5 Å². The molecule has 2 atom stereocenters. The maximum absolute atomic E-state index is 13.2. The van der Waals surface area contributed by atoms with Gasteiger partial charge in [0.05, 0.1) is 11.7 Å². The van der Waals surface area contributed by atoms with E-state index in [1.807, 2.05) is 17.0 Å². The number of likely N-dealkylation sites (N-methyl/N-ethyl adjacent to an activating group) is 1. The van der Waals surface area contributed by atoms with Crippen LogP contribution in [0.2, 0.25) is 0 Å². The first kappa shape index (κ1) is 27.5. The average Bonchev–Trinajstić information content (AvgIpc) is 3.19. The summed E-state index contributed by atoms with van der Waals surface area (Å²) >= 11 is 0. The van der Waals surface area contributed by atoms with E-state index < -0.39 is 11.7 Å². The van der Waals surface area contributed by atoms with Crippen LogP contribution in [0.1, 0.15) is 25.3 Å². The van der Waals surface area contributed by atoms with Gasteiger partial charge >= 0.3 is 6.18 Å². The van der Waals surface area contributed by atoms with Crippen LogP contribution in [0.15, 0.2) is 48.8 Å². The third-order valence-corrected chi connectivity index (χ3v) is 5.12. The van der Waals surface area contributed by atoms with Crippen LogP contribution in [0, 0.1) is 5.92 Å². The number of rotatable bonds is 8. The summed E-state index contributed by atoms with van der Waals surface area (Å²) in [6.07, 6.45) is 1.43. The molecule has 2 heterocycles. The monoisotopic (exact) mass is 479 g/mol. The Hall–Kier alpha value is -1.54. The lowest BCUT2D eigenvalue weighted by molar-refractivity contribution is -0.137. The molecule has 1 saturated heterocycles. The van der Waals surface area contributed by atoms with Crippen LogP contribution in [0.25, 0.3) is 0 Å². The molecule has 0 N–H and O–H groups in total. The second-order valence-corrected chi connectivity index (χ2v) is 7.83. The van der Waals surface area contributed by atoms with Crippen molar-refractivity contribution in [2.45, 2.75) is 32.0 Å². The minimum Gasteiger partial charge on any atom is -0.377 e. The molecule has 4 nitrogen and oxygen atoms in total. The fraction of sp³-hybridized carbons (Fsp3) is 0.500. The topological polar surface area (TPSA) is 28.6 Å². The van der Waals surface area contributed by atoms with Crippen LogP contribution in [0.5, 0.6) is 0 Å². The van der Waals surface area contributed by atoms with Gasteiger partial charge in [-0.2, -0.15) is 13.2 Å². The maximum atomic E-state index is 13.2. The highest BCUT2D eigenvalue weighted by Gasteiger charge is 2.31. The fourth-order valence-electron chi connectivity index (χ4n) is 3.85. The molecule has 2 unspecified atom stereocenters. The summed E-state index contributed by atoms with van der Waals surface area (Å²) < 4.78 is 45.3. The van der Waals surface area contributed by atoms with E-state index in [2.05, 4.69) is 23.9 Å². The number of halogens is 5. The van der Waals surface area contributed by atoms with E-state index in [9.17, 15) is 13.2 Å². The molecular formula is C22H30Cl2F3N3O. The largest absolute Gasteiger partial charge is 0.416 e. The summed E-state index contributed by atoms with van der Waals surface area (Å²) in [6.45, 7) is 5.26.